The van der Waals surface area contributed by atoms with E-state index in [2.05, 4.69) is 0 Å². The van der Waals surface area contributed by atoms with Crippen LogP contribution in [-0.4, -0.2) is 28.9 Å². The maximum Gasteiger partial charge on any atom is 0.307 e. The van der Waals surface area contributed by atoms with Crippen LogP contribution < -0.4 is 0 Å². The zero-order valence-corrected chi connectivity index (χ0v) is 12.8. The average molecular weight is 279 g/mol. The van der Waals surface area contributed by atoms with Crippen molar-refractivity contribution in [2.45, 2.75) is 46.6 Å². The minimum Gasteiger partial charge on any atom is -0.481 e. The maximum absolute atomic E-state index is 11.6. The van der Waals surface area contributed by atoms with E-state index in [0.29, 0.717) is 13.0 Å². The molecule has 0 spiro atoms. The van der Waals surface area contributed by atoms with Crippen LogP contribution in [0.15, 0.2) is 24.3 Å². The predicted molar refractivity (Wildman–Crippen MR) is 80.5 cm³/mol. The molecule has 1 aromatic rings. The number of carboxylic acid groups (broad SMARTS) is 1. The van der Waals surface area contributed by atoms with Gasteiger partial charge in [0.1, 0.15) is 0 Å². The third-order valence-electron chi connectivity index (χ3n) is 2.66. The lowest BCUT2D eigenvalue weighted by Crippen LogP contribution is -2.25. The van der Waals surface area contributed by atoms with Gasteiger partial charge in [-0.2, -0.15) is 0 Å². The fourth-order valence-corrected chi connectivity index (χ4v) is 1.78. The van der Waals surface area contributed by atoms with E-state index in [-0.39, 0.29) is 12.3 Å². The Morgan fingerprint density at radius 3 is 2.35 bits per heavy atom. The molecule has 0 aliphatic rings. The van der Waals surface area contributed by atoms with Crippen molar-refractivity contribution in [2.24, 2.45) is 0 Å². The number of nitrogens with zero attached hydrogens (tertiary/aromatic N) is 1. The highest BCUT2D eigenvalue weighted by Crippen LogP contribution is 2.09. The number of amides is 1. The summed E-state index contributed by atoms with van der Waals surface area (Å²) >= 11 is 0. The lowest BCUT2D eigenvalue weighted by Gasteiger charge is -2.17. The van der Waals surface area contributed by atoms with Gasteiger partial charge in [0.05, 0.1) is 6.42 Å². The van der Waals surface area contributed by atoms with E-state index < -0.39 is 5.97 Å². The Morgan fingerprint density at radius 2 is 1.80 bits per heavy atom. The minimum atomic E-state index is -0.845. The average Bonchev–Trinajstić information content (AvgIpc) is 2.41. The van der Waals surface area contributed by atoms with Gasteiger partial charge in [0, 0.05) is 20.0 Å². The third kappa shape index (κ3) is 6.92. The standard InChI is InChI=1S/C14H19NO3.C2H6/c1-3-5-13(16)15(2)10-12-7-4-6-11(8-12)9-14(17)18;1-2/h4,6-8H,3,5,9-10H2,1-2H3,(H,17,18);1-2H3. The molecule has 4 nitrogen and oxygen atoms in total. The van der Waals surface area contributed by atoms with Crippen LogP contribution in [0.25, 0.3) is 0 Å². The maximum atomic E-state index is 11.6. The Kier molecular flexibility index (Phi) is 9.09. The van der Waals surface area contributed by atoms with Crippen molar-refractivity contribution >= 4 is 11.9 Å². The first-order valence-electron chi connectivity index (χ1n) is 7.06. The highest BCUT2D eigenvalue weighted by atomic mass is 16.4. The molecule has 1 aromatic carbocycles. The minimum absolute atomic E-state index is 0.0143. The molecule has 0 aromatic heterocycles. The van der Waals surface area contributed by atoms with Gasteiger partial charge in [-0.25, -0.2) is 0 Å². The Labute approximate surface area is 121 Å². The molecule has 0 aliphatic carbocycles. The largest absolute Gasteiger partial charge is 0.481 e. The van der Waals surface area contributed by atoms with Crippen LogP contribution >= 0.6 is 0 Å². The van der Waals surface area contributed by atoms with Crippen LogP contribution in [0.4, 0.5) is 0 Å². The molecule has 112 valence electrons. The summed E-state index contributed by atoms with van der Waals surface area (Å²) in [5.74, 6) is -0.733. The lowest BCUT2D eigenvalue weighted by molar-refractivity contribution is -0.136. The van der Waals surface area contributed by atoms with E-state index in [4.69, 9.17) is 5.11 Å². The number of hydrogen-bond acceptors (Lipinski definition) is 2. The molecule has 0 atom stereocenters. The number of carboxylic acids is 1. The predicted octanol–water partition coefficient (Wildman–Crippen LogP) is 3.10. The number of carbonyl (C=O) groups is 2. The molecular weight excluding hydrogens is 254 g/mol. The van der Waals surface area contributed by atoms with Crippen molar-refractivity contribution in [1.82, 2.24) is 4.90 Å². The quantitative estimate of drug-likeness (QED) is 0.870. The zero-order valence-electron chi connectivity index (χ0n) is 12.8. The number of rotatable bonds is 6. The van der Waals surface area contributed by atoms with Gasteiger partial charge in [-0.3, -0.25) is 9.59 Å². The molecule has 0 saturated carbocycles. The summed E-state index contributed by atoms with van der Waals surface area (Å²) in [6.45, 7) is 6.49. The molecule has 0 aliphatic heterocycles. The molecule has 0 saturated heterocycles. The lowest BCUT2D eigenvalue weighted by atomic mass is 10.1. The molecule has 0 fully saturated rings. The van der Waals surface area contributed by atoms with Crippen LogP contribution in [0.3, 0.4) is 0 Å². The van der Waals surface area contributed by atoms with Gasteiger partial charge in [-0.05, 0) is 17.5 Å². The smallest absolute Gasteiger partial charge is 0.307 e. The SMILES string of the molecule is CC.CCCC(=O)N(C)Cc1cccc(CC(=O)O)c1. The number of aliphatic carboxylic acids is 1. The highest BCUT2D eigenvalue weighted by molar-refractivity contribution is 5.75. The summed E-state index contributed by atoms with van der Waals surface area (Å²) in [5.41, 5.74) is 1.72. The zero-order chi connectivity index (χ0) is 15.5. The summed E-state index contributed by atoms with van der Waals surface area (Å²) in [5, 5.41) is 8.73. The summed E-state index contributed by atoms with van der Waals surface area (Å²) < 4.78 is 0. The first kappa shape index (κ1) is 18.2. The molecule has 1 rings (SSSR count). The van der Waals surface area contributed by atoms with Gasteiger partial charge in [-0.15, -0.1) is 0 Å². The Balaban J connectivity index is 0.00000172. The molecule has 1 N–H and O–H groups in total. The second-order valence-corrected chi connectivity index (χ2v) is 4.39. The number of benzene rings is 1. The molecular formula is C16H25NO3. The van der Waals surface area contributed by atoms with Crippen LogP contribution in [0, 0.1) is 0 Å². The van der Waals surface area contributed by atoms with Crippen LogP contribution in [-0.2, 0) is 22.6 Å². The Bertz CT molecular complexity index is 429. The molecule has 20 heavy (non-hydrogen) atoms. The van der Waals surface area contributed by atoms with Crippen molar-refractivity contribution in [3.63, 3.8) is 0 Å². The fourth-order valence-electron chi connectivity index (χ4n) is 1.78. The van der Waals surface area contributed by atoms with E-state index in [9.17, 15) is 9.59 Å². The summed E-state index contributed by atoms with van der Waals surface area (Å²) in [6.07, 6.45) is 1.40. The molecule has 0 bridgehead atoms. The van der Waals surface area contributed by atoms with Gasteiger partial charge < -0.3 is 10.0 Å². The molecule has 4 heteroatoms. The van der Waals surface area contributed by atoms with Crippen LogP contribution in [0.5, 0.6) is 0 Å². The molecule has 0 heterocycles. The van der Waals surface area contributed by atoms with Gasteiger partial charge >= 0.3 is 5.97 Å². The van der Waals surface area contributed by atoms with Crippen LogP contribution in [0.2, 0.25) is 0 Å². The van der Waals surface area contributed by atoms with Crippen molar-refractivity contribution in [3.05, 3.63) is 35.4 Å². The number of hydrogen-bond donors (Lipinski definition) is 1. The monoisotopic (exact) mass is 279 g/mol. The molecule has 0 unspecified atom stereocenters. The van der Waals surface area contributed by atoms with E-state index in [1.165, 1.54) is 0 Å². The van der Waals surface area contributed by atoms with Crippen LogP contribution in [0.1, 0.15) is 44.7 Å². The summed E-state index contributed by atoms with van der Waals surface area (Å²) in [4.78, 5) is 23.9. The van der Waals surface area contributed by atoms with Crippen molar-refractivity contribution < 1.29 is 14.7 Å². The van der Waals surface area contributed by atoms with Crippen molar-refractivity contribution in [2.75, 3.05) is 7.05 Å². The van der Waals surface area contributed by atoms with Gasteiger partial charge in [0.2, 0.25) is 5.91 Å². The highest BCUT2D eigenvalue weighted by Gasteiger charge is 2.08. The normalized spacial score (nSPS) is 9.40. The summed E-state index contributed by atoms with van der Waals surface area (Å²) in [6, 6.07) is 7.35. The first-order chi connectivity index (χ1) is 9.52. The third-order valence-corrected chi connectivity index (χ3v) is 2.66. The second-order valence-electron chi connectivity index (χ2n) is 4.39. The van der Waals surface area contributed by atoms with Gasteiger partial charge in [0.15, 0.2) is 0 Å². The van der Waals surface area contributed by atoms with E-state index in [1.54, 1.807) is 18.0 Å². The van der Waals surface area contributed by atoms with Gasteiger partial charge in [0.25, 0.3) is 0 Å². The van der Waals surface area contributed by atoms with Gasteiger partial charge in [-0.1, -0.05) is 45.0 Å². The second kappa shape index (κ2) is 10.0. The number of carbonyl (C=O) groups excluding carboxylic acids is 1. The topological polar surface area (TPSA) is 57.6 Å². The Hall–Kier alpha value is -1.84. The van der Waals surface area contributed by atoms with E-state index in [0.717, 1.165) is 17.5 Å². The fraction of sp³-hybridized carbons (Fsp3) is 0.500. The Morgan fingerprint density at radius 1 is 1.20 bits per heavy atom. The van der Waals surface area contributed by atoms with E-state index >= 15 is 0 Å². The molecule has 1 amide bonds. The summed E-state index contributed by atoms with van der Waals surface area (Å²) in [7, 11) is 1.77. The first-order valence-corrected chi connectivity index (χ1v) is 7.06. The van der Waals surface area contributed by atoms with Crippen molar-refractivity contribution in [3.8, 4) is 0 Å². The van der Waals surface area contributed by atoms with Crippen molar-refractivity contribution in [1.29, 1.82) is 0 Å². The van der Waals surface area contributed by atoms with E-state index in [1.807, 2.05) is 39.0 Å². The molecule has 0 radical (unpaired) electrons.